The summed E-state index contributed by atoms with van der Waals surface area (Å²) in [4.78, 5) is 25.2. The van der Waals surface area contributed by atoms with Crippen LogP contribution < -0.4 is 0 Å². The van der Waals surface area contributed by atoms with Crippen molar-refractivity contribution in [3.8, 4) is 0 Å². The predicted molar refractivity (Wildman–Crippen MR) is 142 cm³/mol. The van der Waals surface area contributed by atoms with Gasteiger partial charge in [-0.15, -0.1) is 0 Å². The Hall–Kier alpha value is -1.06. The highest BCUT2D eigenvalue weighted by molar-refractivity contribution is 5.76. The molecule has 0 amide bonds. The molecule has 4 nitrogen and oxygen atoms in total. The number of rotatable bonds is 20. The molecule has 0 spiro atoms. The summed E-state index contributed by atoms with van der Waals surface area (Å²) in [5.74, 6) is 0.823. The molecule has 0 radical (unpaired) electrons. The number of carbonyl (C=O) groups excluding carboxylic acids is 2. The van der Waals surface area contributed by atoms with E-state index in [4.69, 9.17) is 9.47 Å². The van der Waals surface area contributed by atoms with Gasteiger partial charge in [-0.2, -0.15) is 0 Å². The van der Waals surface area contributed by atoms with E-state index >= 15 is 0 Å². The molecule has 0 aromatic carbocycles. The van der Waals surface area contributed by atoms with Crippen molar-refractivity contribution >= 4 is 11.9 Å². The Morgan fingerprint density at radius 1 is 0.706 bits per heavy atom. The monoisotopic (exact) mass is 480 g/mol. The first kappa shape index (κ1) is 31.0. The second-order valence-electron chi connectivity index (χ2n) is 11.2. The number of hydrogen-bond donors (Lipinski definition) is 0. The lowest BCUT2D eigenvalue weighted by Gasteiger charge is -2.27. The minimum absolute atomic E-state index is 0.0949. The van der Waals surface area contributed by atoms with E-state index in [-0.39, 0.29) is 23.8 Å². The van der Waals surface area contributed by atoms with Crippen LogP contribution in [-0.2, 0) is 19.1 Å². The minimum atomic E-state index is -0.139. The third-order valence-electron chi connectivity index (χ3n) is 7.39. The van der Waals surface area contributed by atoms with Gasteiger partial charge in [0.15, 0.2) is 0 Å². The van der Waals surface area contributed by atoms with Crippen molar-refractivity contribution in [2.24, 2.45) is 23.7 Å². The summed E-state index contributed by atoms with van der Waals surface area (Å²) >= 11 is 0. The van der Waals surface area contributed by atoms with Crippen molar-refractivity contribution in [3.63, 3.8) is 0 Å². The Bertz CT molecular complexity index is 516. The maximum atomic E-state index is 12.7. The summed E-state index contributed by atoms with van der Waals surface area (Å²) in [6, 6.07) is 0. The minimum Gasteiger partial charge on any atom is -0.465 e. The topological polar surface area (TPSA) is 52.6 Å². The third kappa shape index (κ3) is 15.0. The van der Waals surface area contributed by atoms with E-state index in [1.54, 1.807) is 0 Å². The number of hydrogen-bond acceptors (Lipinski definition) is 4. The van der Waals surface area contributed by atoms with E-state index in [0.717, 1.165) is 57.3 Å². The van der Waals surface area contributed by atoms with E-state index in [0.29, 0.717) is 25.6 Å². The van der Waals surface area contributed by atoms with E-state index in [2.05, 4.69) is 27.7 Å². The lowest BCUT2D eigenvalue weighted by Crippen LogP contribution is -2.30. The van der Waals surface area contributed by atoms with Gasteiger partial charge in [-0.25, -0.2) is 0 Å². The summed E-state index contributed by atoms with van der Waals surface area (Å²) in [6.07, 6.45) is 20.2. The molecule has 34 heavy (non-hydrogen) atoms. The number of ether oxygens (including phenoxy) is 2. The molecule has 1 rings (SSSR count). The number of unbranched alkanes of at least 4 members (excludes halogenated alkanes) is 8. The molecule has 0 aliphatic heterocycles. The summed E-state index contributed by atoms with van der Waals surface area (Å²) in [5, 5.41) is 0. The van der Waals surface area contributed by atoms with Crippen molar-refractivity contribution in [1.29, 1.82) is 0 Å². The van der Waals surface area contributed by atoms with Crippen LogP contribution in [0, 0.1) is 23.7 Å². The highest BCUT2D eigenvalue weighted by atomic mass is 16.5. The average Bonchev–Trinajstić information content (AvgIpc) is 2.83. The standard InChI is InChI=1S/C30H56O4/c1-5-7-13-19-26(17-6-2)24-34-30(32)28-21-16-20-27(23-28)29(31)33-22-15-12-10-8-9-11-14-18-25(3)4/h25-28H,5-24H2,1-4H3. The average molecular weight is 481 g/mol. The fraction of sp³-hybridized carbons (Fsp3) is 0.933. The molecular weight excluding hydrogens is 424 g/mol. The predicted octanol–water partition coefficient (Wildman–Crippen LogP) is 8.65. The Morgan fingerprint density at radius 2 is 1.29 bits per heavy atom. The zero-order valence-corrected chi connectivity index (χ0v) is 23.1. The summed E-state index contributed by atoms with van der Waals surface area (Å²) in [7, 11) is 0. The van der Waals surface area contributed by atoms with Gasteiger partial charge in [0.1, 0.15) is 0 Å². The zero-order valence-electron chi connectivity index (χ0n) is 23.1. The molecule has 1 saturated carbocycles. The van der Waals surface area contributed by atoms with Gasteiger partial charge >= 0.3 is 11.9 Å². The Kier molecular flexibility index (Phi) is 18.4. The number of esters is 2. The molecule has 0 bridgehead atoms. The van der Waals surface area contributed by atoms with E-state index in [1.807, 2.05) is 0 Å². The van der Waals surface area contributed by atoms with Gasteiger partial charge in [-0.05, 0) is 50.4 Å². The van der Waals surface area contributed by atoms with Crippen molar-refractivity contribution in [3.05, 3.63) is 0 Å². The lowest BCUT2D eigenvalue weighted by atomic mass is 9.81. The first-order chi connectivity index (χ1) is 16.5. The van der Waals surface area contributed by atoms with Gasteiger partial charge in [0.2, 0.25) is 0 Å². The lowest BCUT2D eigenvalue weighted by molar-refractivity contribution is -0.156. The molecule has 0 N–H and O–H groups in total. The van der Waals surface area contributed by atoms with Crippen molar-refractivity contribution in [2.45, 2.75) is 143 Å². The van der Waals surface area contributed by atoms with Crippen LogP contribution in [-0.4, -0.2) is 25.2 Å². The second kappa shape index (κ2) is 20.2. The maximum absolute atomic E-state index is 12.7. The molecule has 3 atom stereocenters. The van der Waals surface area contributed by atoms with Crippen LogP contribution >= 0.6 is 0 Å². The molecule has 0 heterocycles. The summed E-state index contributed by atoms with van der Waals surface area (Å²) in [6.45, 7) is 10.1. The van der Waals surface area contributed by atoms with E-state index in [1.165, 1.54) is 57.8 Å². The molecule has 200 valence electrons. The highest BCUT2D eigenvalue weighted by Gasteiger charge is 2.33. The Balaban J connectivity index is 2.19. The van der Waals surface area contributed by atoms with Gasteiger partial charge in [0.25, 0.3) is 0 Å². The van der Waals surface area contributed by atoms with Crippen molar-refractivity contribution in [2.75, 3.05) is 13.2 Å². The van der Waals surface area contributed by atoms with Crippen LogP contribution in [0.3, 0.4) is 0 Å². The van der Waals surface area contributed by atoms with E-state index < -0.39 is 0 Å². The fourth-order valence-corrected chi connectivity index (χ4v) is 5.17. The Labute approximate surface area is 211 Å². The highest BCUT2D eigenvalue weighted by Crippen LogP contribution is 2.31. The SMILES string of the molecule is CCCCCC(CCC)COC(=O)C1CCCC(C(=O)OCCCCCCCCCC(C)C)C1. The van der Waals surface area contributed by atoms with Crippen LogP contribution in [0.2, 0.25) is 0 Å². The molecule has 1 aliphatic carbocycles. The van der Waals surface area contributed by atoms with Gasteiger partial charge < -0.3 is 9.47 Å². The number of carbonyl (C=O) groups is 2. The molecule has 0 aromatic rings. The van der Waals surface area contributed by atoms with Gasteiger partial charge in [-0.1, -0.05) is 105 Å². The largest absolute Gasteiger partial charge is 0.465 e. The maximum Gasteiger partial charge on any atom is 0.308 e. The van der Waals surface area contributed by atoms with Crippen LogP contribution in [0.1, 0.15) is 143 Å². The van der Waals surface area contributed by atoms with Crippen molar-refractivity contribution < 1.29 is 19.1 Å². The van der Waals surface area contributed by atoms with Gasteiger partial charge in [0.05, 0.1) is 25.0 Å². The fourth-order valence-electron chi connectivity index (χ4n) is 5.17. The second-order valence-corrected chi connectivity index (χ2v) is 11.2. The molecule has 0 aromatic heterocycles. The van der Waals surface area contributed by atoms with Crippen molar-refractivity contribution in [1.82, 2.24) is 0 Å². The third-order valence-corrected chi connectivity index (χ3v) is 7.39. The van der Waals surface area contributed by atoms with Gasteiger partial charge in [-0.3, -0.25) is 9.59 Å². The van der Waals surface area contributed by atoms with Crippen LogP contribution in [0.25, 0.3) is 0 Å². The molecule has 1 fully saturated rings. The molecule has 4 heteroatoms. The zero-order chi connectivity index (χ0) is 25.0. The van der Waals surface area contributed by atoms with E-state index in [9.17, 15) is 9.59 Å². The molecule has 1 aliphatic rings. The smallest absolute Gasteiger partial charge is 0.308 e. The molecular formula is C30H56O4. The first-order valence-electron chi connectivity index (χ1n) is 14.8. The molecule has 3 unspecified atom stereocenters. The normalized spacial score (nSPS) is 19.2. The summed E-state index contributed by atoms with van der Waals surface area (Å²) < 4.78 is 11.3. The van der Waals surface area contributed by atoms with Gasteiger partial charge in [0, 0.05) is 0 Å². The quantitative estimate of drug-likeness (QED) is 0.129. The first-order valence-corrected chi connectivity index (χ1v) is 14.8. The van der Waals surface area contributed by atoms with Crippen LogP contribution in [0.4, 0.5) is 0 Å². The molecule has 0 saturated heterocycles. The summed E-state index contributed by atoms with van der Waals surface area (Å²) in [5.41, 5.74) is 0. The van der Waals surface area contributed by atoms with Crippen LogP contribution in [0.15, 0.2) is 0 Å². The Morgan fingerprint density at radius 3 is 1.91 bits per heavy atom. The van der Waals surface area contributed by atoms with Crippen LogP contribution in [0.5, 0.6) is 0 Å².